The topological polar surface area (TPSA) is 49.4 Å². The maximum absolute atomic E-state index is 12.3. The van der Waals surface area contributed by atoms with E-state index < -0.39 is 10.0 Å². The fourth-order valence-electron chi connectivity index (χ4n) is 3.33. The molecule has 2 aromatic rings. The largest absolute Gasteiger partial charge is 0.299 e. The monoisotopic (exact) mass is 436 g/mol. The molecule has 26 heavy (non-hydrogen) atoms. The summed E-state index contributed by atoms with van der Waals surface area (Å²) in [6.07, 6.45) is 4.10. The first kappa shape index (κ1) is 19.5. The Morgan fingerprint density at radius 3 is 2.50 bits per heavy atom. The first-order valence-corrected chi connectivity index (χ1v) is 11.4. The number of hydrogen-bond acceptors (Lipinski definition) is 3. The first-order valence-electron chi connectivity index (χ1n) is 9.09. The number of halogens is 1. The van der Waals surface area contributed by atoms with Gasteiger partial charge in [-0.2, -0.15) is 0 Å². The van der Waals surface area contributed by atoms with Gasteiger partial charge in [0.15, 0.2) is 0 Å². The highest BCUT2D eigenvalue weighted by molar-refractivity contribution is 9.10. The van der Waals surface area contributed by atoms with Crippen molar-refractivity contribution in [3.63, 3.8) is 0 Å². The fraction of sp³-hybridized carbons (Fsp3) is 0.400. The van der Waals surface area contributed by atoms with E-state index in [4.69, 9.17) is 0 Å². The predicted molar refractivity (Wildman–Crippen MR) is 109 cm³/mol. The number of sulfonamides is 1. The van der Waals surface area contributed by atoms with Crippen molar-refractivity contribution in [1.82, 2.24) is 9.62 Å². The summed E-state index contributed by atoms with van der Waals surface area (Å²) in [5.74, 6) is 0. The third-order valence-electron chi connectivity index (χ3n) is 4.78. The van der Waals surface area contributed by atoms with Crippen LogP contribution in [0.25, 0.3) is 0 Å². The Labute approximate surface area is 164 Å². The van der Waals surface area contributed by atoms with E-state index >= 15 is 0 Å². The van der Waals surface area contributed by atoms with Crippen LogP contribution in [0.4, 0.5) is 0 Å². The molecule has 0 bridgehead atoms. The Kier molecular flexibility index (Phi) is 6.86. The van der Waals surface area contributed by atoms with Crippen molar-refractivity contribution in [1.29, 1.82) is 0 Å². The molecule has 0 atom stereocenters. The zero-order chi connectivity index (χ0) is 18.4. The van der Waals surface area contributed by atoms with E-state index in [0.29, 0.717) is 15.9 Å². The van der Waals surface area contributed by atoms with Gasteiger partial charge in [0.25, 0.3) is 0 Å². The maximum Gasteiger partial charge on any atom is 0.241 e. The summed E-state index contributed by atoms with van der Waals surface area (Å²) in [5, 5.41) is 0. The van der Waals surface area contributed by atoms with Gasteiger partial charge >= 0.3 is 0 Å². The van der Waals surface area contributed by atoms with Crippen LogP contribution in [-0.4, -0.2) is 33.0 Å². The summed E-state index contributed by atoms with van der Waals surface area (Å²) in [5.41, 5.74) is 2.92. The molecule has 0 unspecified atom stereocenters. The molecular formula is C20H25BrN2O2S. The van der Waals surface area contributed by atoms with Crippen LogP contribution in [0.5, 0.6) is 0 Å². The first-order chi connectivity index (χ1) is 12.6. The van der Waals surface area contributed by atoms with Gasteiger partial charge < -0.3 is 0 Å². The molecule has 0 saturated carbocycles. The van der Waals surface area contributed by atoms with Crippen molar-refractivity contribution < 1.29 is 8.42 Å². The second-order valence-electron chi connectivity index (χ2n) is 6.68. The normalized spacial score (nSPS) is 15.0. The third-order valence-corrected chi connectivity index (χ3v) is 7.25. The number of nitrogens with one attached hydrogen (secondary N) is 1. The maximum atomic E-state index is 12.3. The average molecular weight is 437 g/mol. The number of rotatable bonds is 8. The van der Waals surface area contributed by atoms with Crippen LogP contribution in [0.15, 0.2) is 57.9 Å². The number of fused-ring (bicyclic) bond motifs is 1. The van der Waals surface area contributed by atoms with Crippen molar-refractivity contribution in [2.45, 2.75) is 37.1 Å². The Bertz CT molecular complexity index is 839. The molecule has 6 heteroatoms. The molecule has 0 amide bonds. The van der Waals surface area contributed by atoms with E-state index in [9.17, 15) is 8.42 Å². The zero-order valence-electron chi connectivity index (χ0n) is 14.8. The number of benzene rings is 2. The standard InChI is InChI=1S/C20H25BrN2O2S/c21-19-10-4-5-11-20(19)26(24,25)22-13-6-1-7-14-23-15-12-17-8-2-3-9-18(17)16-23/h2-5,8-11,22H,1,6-7,12-16H2. The van der Waals surface area contributed by atoms with Crippen LogP contribution in [-0.2, 0) is 23.0 Å². The molecule has 0 spiro atoms. The van der Waals surface area contributed by atoms with Crippen molar-refractivity contribution in [3.05, 3.63) is 64.1 Å². The molecule has 140 valence electrons. The van der Waals surface area contributed by atoms with Gasteiger partial charge in [0.05, 0.1) is 4.90 Å². The molecule has 1 aliphatic heterocycles. The molecular weight excluding hydrogens is 412 g/mol. The van der Waals surface area contributed by atoms with E-state index in [1.54, 1.807) is 18.2 Å². The molecule has 0 saturated heterocycles. The molecule has 1 heterocycles. The fourth-order valence-corrected chi connectivity index (χ4v) is 5.40. The van der Waals surface area contributed by atoms with Crippen LogP contribution >= 0.6 is 15.9 Å². The van der Waals surface area contributed by atoms with E-state index in [1.807, 2.05) is 6.07 Å². The molecule has 2 aromatic carbocycles. The summed E-state index contributed by atoms with van der Waals surface area (Å²) in [7, 11) is -3.44. The van der Waals surface area contributed by atoms with Crippen LogP contribution in [0.1, 0.15) is 30.4 Å². The highest BCUT2D eigenvalue weighted by Gasteiger charge is 2.17. The van der Waals surface area contributed by atoms with Crippen LogP contribution in [0.3, 0.4) is 0 Å². The quantitative estimate of drug-likeness (QED) is 0.637. The third kappa shape index (κ3) is 5.16. The minimum absolute atomic E-state index is 0.298. The number of unbranched alkanes of at least 4 members (excludes halogenated alkanes) is 2. The van der Waals surface area contributed by atoms with E-state index in [2.05, 4.69) is 49.8 Å². The van der Waals surface area contributed by atoms with Crippen LogP contribution in [0.2, 0.25) is 0 Å². The molecule has 3 rings (SSSR count). The molecule has 0 aromatic heterocycles. The number of hydrogen-bond donors (Lipinski definition) is 1. The summed E-state index contributed by atoms with van der Waals surface area (Å²) < 4.78 is 27.9. The van der Waals surface area contributed by atoms with E-state index in [-0.39, 0.29) is 0 Å². The summed E-state index contributed by atoms with van der Waals surface area (Å²) in [4.78, 5) is 2.79. The van der Waals surface area contributed by atoms with Crippen molar-refractivity contribution in [2.75, 3.05) is 19.6 Å². The minimum atomic E-state index is -3.44. The van der Waals surface area contributed by atoms with Gasteiger partial charge in [0.2, 0.25) is 10.0 Å². The van der Waals surface area contributed by atoms with Gasteiger partial charge in [-0.3, -0.25) is 4.90 Å². The zero-order valence-corrected chi connectivity index (χ0v) is 17.2. The Morgan fingerprint density at radius 1 is 0.962 bits per heavy atom. The highest BCUT2D eigenvalue weighted by atomic mass is 79.9. The second-order valence-corrected chi connectivity index (χ2v) is 9.27. The Balaban J connectivity index is 1.36. The second kappa shape index (κ2) is 9.13. The average Bonchev–Trinajstić information content (AvgIpc) is 2.64. The highest BCUT2D eigenvalue weighted by Crippen LogP contribution is 2.21. The van der Waals surface area contributed by atoms with Gasteiger partial charge in [0, 0.05) is 24.1 Å². The number of nitrogens with zero attached hydrogens (tertiary/aromatic N) is 1. The molecule has 0 aliphatic carbocycles. The van der Waals surface area contributed by atoms with Gasteiger partial charge in [-0.25, -0.2) is 13.1 Å². The lowest BCUT2D eigenvalue weighted by atomic mass is 10.00. The molecule has 1 aliphatic rings. The van der Waals surface area contributed by atoms with E-state index in [1.165, 1.54) is 11.1 Å². The summed E-state index contributed by atoms with van der Waals surface area (Å²) >= 11 is 3.30. The lowest BCUT2D eigenvalue weighted by Gasteiger charge is -2.28. The van der Waals surface area contributed by atoms with Crippen molar-refractivity contribution in [2.24, 2.45) is 0 Å². The predicted octanol–water partition coefficient (Wildman–Crippen LogP) is 3.96. The lowest BCUT2D eigenvalue weighted by molar-refractivity contribution is 0.248. The Hall–Kier alpha value is -1.21. The summed E-state index contributed by atoms with van der Waals surface area (Å²) in [6, 6.07) is 15.6. The van der Waals surface area contributed by atoms with Gasteiger partial charge in [0.1, 0.15) is 0 Å². The van der Waals surface area contributed by atoms with E-state index in [0.717, 1.165) is 45.3 Å². The molecule has 0 radical (unpaired) electrons. The summed E-state index contributed by atoms with van der Waals surface area (Å²) in [6.45, 7) is 3.70. The molecule has 1 N–H and O–H groups in total. The van der Waals surface area contributed by atoms with Crippen LogP contribution in [0, 0.1) is 0 Å². The molecule has 0 fully saturated rings. The smallest absolute Gasteiger partial charge is 0.241 e. The van der Waals surface area contributed by atoms with Crippen molar-refractivity contribution >= 4 is 26.0 Å². The molecule has 4 nitrogen and oxygen atoms in total. The lowest BCUT2D eigenvalue weighted by Crippen LogP contribution is -2.31. The SMILES string of the molecule is O=S(=O)(NCCCCCN1CCc2ccccc2C1)c1ccccc1Br. The van der Waals surface area contributed by atoms with Gasteiger partial charge in [-0.15, -0.1) is 0 Å². The van der Waals surface area contributed by atoms with Crippen LogP contribution < -0.4 is 4.72 Å². The van der Waals surface area contributed by atoms with Gasteiger partial charge in [-0.1, -0.05) is 42.8 Å². The Morgan fingerprint density at radius 2 is 1.69 bits per heavy atom. The van der Waals surface area contributed by atoms with Crippen molar-refractivity contribution in [3.8, 4) is 0 Å². The minimum Gasteiger partial charge on any atom is -0.299 e. The van der Waals surface area contributed by atoms with Gasteiger partial charge in [-0.05, 0) is 65.0 Å².